The normalized spacial score (nSPS) is 14.9. The number of carbonyl (C=O) groups excluding carboxylic acids is 3. The van der Waals surface area contributed by atoms with Gasteiger partial charge in [-0.25, -0.2) is 0 Å². The number of hydrogen-bond donors (Lipinski definition) is 1. The Bertz CT molecular complexity index is 614. The SMILES string of the molecule is O=C1CN(C(=O)c2ccc([N+](=O)[O-])c(F)c2)CC(=O)N1. The highest BCUT2D eigenvalue weighted by molar-refractivity contribution is 6.05. The summed E-state index contributed by atoms with van der Waals surface area (Å²) in [4.78, 5) is 44.7. The zero-order chi connectivity index (χ0) is 14.9. The molecule has 1 aromatic rings. The predicted octanol–water partition coefficient (Wildman–Crippen LogP) is -0.167. The van der Waals surface area contributed by atoms with Crippen molar-refractivity contribution in [3.63, 3.8) is 0 Å². The van der Waals surface area contributed by atoms with E-state index in [0.29, 0.717) is 6.07 Å². The third-order valence-electron chi connectivity index (χ3n) is 2.63. The van der Waals surface area contributed by atoms with Gasteiger partial charge in [0, 0.05) is 11.6 Å². The van der Waals surface area contributed by atoms with Crippen molar-refractivity contribution < 1.29 is 23.7 Å². The number of imide groups is 1. The Morgan fingerprint density at radius 3 is 2.40 bits per heavy atom. The topological polar surface area (TPSA) is 110 Å². The van der Waals surface area contributed by atoms with Crippen LogP contribution in [0, 0.1) is 15.9 Å². The molecule has 9 heteroatoms. The average Bonchev–Trinajstić information content (AvgIpc) is 2.36. The van der Waals surface area contributed by atoms with E-state index in [4.69, 9.17) is 0 Å². The molecule has 0 aliphatic carbocycles. The highest BCUT2D eigenvalue weighted by atomic mass is 19.1. The van der Waals surface area contributed by atoms with Crippen LogP contribution in [0.3, 0.4) is 0 Å². The molecule has 20 heavy (non-hydrogen) atoms. The van der Waals surface area contributed by atoms with E-state index in [1.165, 1.54) is 0 Å². The average molecular weight is 281 g/mol. The number of nitrogens with zero attached hydrogens (tertiary/aromatic N) is 2. The van der Waals surface area contributed by atoms with Crippen molar-refractivity contribution in [1.82, 2.24) is 10.2 Å². The molecular formula is C11H8FN3O5. The van der Waals surface area contributed by atoms with Crippen LogP contribution in [0.2, 0.25) is 0 Å². The maximum absolute atomic E-state index is 13.4. The molecule has 1 heterocycles. The molecule has 2 rings (SSSR count). The lowest BCUT2D eigenvalue weighted by molar-refractivity contribution is -0.387. The second-order valence-electron chi connectivity index (χ2n) is 4.06. The maximum atomic E-state index is 13.4. The monoisotopic (exact) mass is 281 g/mol. The molecule has 1 aliphatic heterocycles. The molecule has 1 aromatic carbocycles. The molecule has 1 N–H and O–H groups in total. The summed E-state index contributed by atoms with van der Waals surface area (Å²) in [5.41, 5.74) is -0.926. The van der Waals surface area contributed by atoms with Gasteiger partial charge in [0.25, 0.3) is 5.91 Å². The lowest BCUT2D eigenvalue weighted by atomic mass is 10.1. The smallest absolute Gasteiger partial charge is 0.304 e. The first kappa shape index (κ1) is 13.6. The first-order valence-corrected chi connectivity index (χ1v) is 5.44. The standard InChI is InChI=1S/C11H8FN3O5/c12-7-3-6(1-2-8(7)15(19)20)11(18)14-4-9(16)13-10(17)5-14/h1-3H,4-5H2,(H,13,16,17). The number of halogens is 1. The highest BCUT2D eigenvalue weighted by Crippen LogP contribution is 2.19. The lowest BCUT2D eigenvalue weighted by Gasteiger charge is -2.25. The Morgan fingerprint density at radius 2 is 1.90 bits per heavy atom. The number of hydrogen-bond acceptors (Lipinski definition) is 5. The zero-order valence-electron chi connectivity index (χ0n) is 9.96. The van der Waals surface area contributed by atoms with Crippen molar-refractivity contribution in [3.05, 3.63) is 39.7 Å². The van der Waals surface area contributed by atoms with E-state index in [0.717, 1.165) is 17.0 Å². The van der Waals surface area contributed by atoms with Gasteiger partial charge in [-0.3, -0.25) is 29.8 Å². The van der Waals surface area contributed by atoms with Gasteiger partial charge in [-0.15, -0.1) is 0 Å². The lowest BCUT2D eigenvalue weighted by Crippen LogP contribution is -2.53. The molecule has 104 valence electrons. The molecule has 1 fully saturated rings. The largest absolute Gasteiger partial charge is 0.320 e. The van der Waals surface area contributed by atoms with Crippen molar-refractivity contribution in [1.29, 1.82) is 0 Å². The molecule has 0 spiro atoms. The van der Waals surface area contributed by atoms with E-state index >= 15 is 0 Å². The summed E-state index contributed by atoms with van der Waals surface area (Å²) in [6, 6.07) is 2.63. The van der Waals surface area contributed by atoms with Gasteiger partial charge < -0.3 is 4.90 Å². The third-order valence-corrected chi connectivity index (χ3v) is 2.63. The van der Waals surface area contributed by atoms with Crippen molar-refractivity contribution in [2.75, 3.05) is 13.1 Å². The quantitative estimate of drug-likeness (QED) is 0.460. The minimum Gasteiger partial charge on any atom is -0.320 e. The second-order valence-corrected chi connectivity index (χ2v) is 4.06. The molecule has 3 amide bonds. The number of nitrogens with one attached hydrogen (secondary N) is 1. The fourth-order valence-corrected chi connectivity index (χ4v) is 1.75. The summed E-state index contributed by atoms with van der Waals surface area (Å²) < 4.78 is 13.4. The molecule has 0 radical (unpaired) electrons. The minimum absolute atomic E-state index is 0.171. The van der Waals surface area contributed by atoms with Gasteiger partial charge in [-0.2, -0.15) is 4.39 Å². The van der Waals surface area contributed by atoms with Crippen LogP contribution in [0.1, 0.15) is 10.4 Å². The first-order valence-electron chi connectivity index (χ1n) is 5.44. The molecular weight excluding hydrogens is 273 g/mol. The number of piperazine rings is 1. The highest BCUT2D eigenvalue weighted by Gasteiger charge is 2.28. The minimum atomic E-state index is -1.16. The molecule has 0 saturated carbocycles. The van der Waals surface area contributed by atoms with Crippen LogP contribution in [0.15, 0.2) is 18.2 Å². The molecule has 0 bridgehead atoms. The first-order chi connectivity index (χ1) is 9.38. The van der Waals surface area contributed by atoms with Crippen LogP contribution in [-0.2, 0) is 9.59 Å². The van der Waals surface area contributed by atoms with Crippen molar-refractivity contribution >= 4 is 23.4 Å². The molecule has 1 aliphatic rings. The number of carbonyl (C=O) groups is 3. The predicted molar refractivity (Wildman–Crippen MR) is 62.1 cm³/mol. The Labute approximate surface area is 111 Å². The summed E-state index contributed by atoms with van der Waals surface area (Å²) in [5.74, 6) is -3.19. The number of amides is 3. The van der Waals surface area contributed by atoms with Gasteiger partial charge in [0.05, 0.1) is 4.92 Å². The number of nitro benzene ring substituents is 1. The summed E-state index contributed by atoms with van der Waals surface area (Å²) in [7, 11) is 0. The Hall–Kier alpha value is -2.84. The summed E-state index contributed by atoms with van der Waals surface area (Å²) in [6.07, 6.45) is 0. The van der Waals surface area contributed by atoms with Crippen molar-refractivity contribution in [2.45, 2.75) is 0 Å². The fourth-order valence-electron chi connectivity index (χ4n) is 1.75. The van der Waals surface area contributed by atoms with Gasteiger partial charge in [0.2, 0.25) is 17.6 Å². The van der Waals surface area contributed by atoms with Crippen LogP contribution < -0.4 is 5.32 Å². The van der Waals surface area contributed by atoms with Crippen LogP contribution in [0.5, 0.6) is 0 Å². The number of rotatable bonds is 2. The van der Waals surface area contributed by atoms with Gasteiger partial charge >= 0.3 is 5.69 Å². The molecule has 0 atom stereocenters. The van der Waals surface area contributed by atoms with Gasteiger partial charge in [0.1, 0.15) is 13.1 Å². The van der Waals surface area contributed by atoms with Gasteiger partial charge in [-0.05, 0) is 12.1 Å². The molecule has 1 saturated heterocycles. The molecule has 0 aromatic heterocycles. The summed E-state index contributed by atoms with van der Waals surface area (Å²) in [6.45, 7) is -0.660. The Kier molecular flexibility index (Phi) is 3.42. The number of nitro groups is 1. The van der Waals surface area contributed by atoms with E-state index in [9.17, 15) is 28.9 Å². The van der Waals surface area contributed by atoms with E-state index in [1.54, 1.807) is 0 Å². The van der Waals surface area contributed by atoms with E-state index < -0.39 is 34.1 Å². The fraction of sp³-hybridized carbons (Fsp3) is 0.182. The van der Waals surface area contributed by atoms with Crippen LogP contribution in [0.25, 0.3) is 0 Å². The summed E-state index contributed by atoms with van der Waals surface area (Å²) >= 11 is 0. The maximum Gasteiger partial charge on any atom is 0.304 e. The Balaban J connectivity index is 2.25. The molecule has 0 unspecified atom stereocenters. The Morgan fingerprint density at radius 1 is 1.30 bits per heavy atom. The van der Waals surface area contributed by atoms with E-state index in [2.05, 4.69) is 0 Å². The van der Waals surface area contributed by atoms with Crippen LogP contribution in [-0.4, -0.2) is 40.6 Å². The molecule has 8 nitrogen and oxygen atoms in total. The van der Waals surface area contributed by atoms with E-state index in [-0.39, 0.29) is 18.7 Å². The van der Waals surface area contributed by atoms with Crippen LogP contribution >= 0.6 is 0 Å². The van der Waals surface area contributed by atoms with Gasteiger partial charge in [0.15, 0.2) is 0 Å². The van der Waals surface area contributed by atoms with Gasteiger partial charge in [-0.1, -0.05) is 0 Å². The van der Waals surface area contributed by atoms with E-state index in [1.807, 2.05) is 5.32 Å². The summed E-state index contributed by atoms with van der Waals surface area (Å²) in [5, 5.41) is 12.5. The zero-order valence-corrected chi connectivity index (χ0v) is 9.96. The second kappa shape index (κ2) is 5.03. The van der Waals surface area contributed by atoms with Crippen molar-refractivity contribution in [3.8, 4) is 0 Å². The van der Waals surface area contributed by atoms with Crippen molar-refractivity contribution in [2.24, 2.45) is 0 Å². The third kappa shape index (κ3) is 2.60. The van der Waals surface area contributed by atoms with Crippen LogP contribution in [0.4, 0.5) is 10.1 Å². The number of benzene rings is 1.